The molecule has 2 atom stereocenters. The number of ether oxygens (including phenoxy) is 1. The fourth-order valence-corrected chi connectivity index (χ4v) is 4.20. The first kappa shape index (κ1) is 12.0. The van der Waals surface area contributed by atoms with Gasteiger partial charge in [-0.05, 0) is 43.7 Å². The molecule has 0 amide bonds. The Balaban J connectivity index is 1.63. The molecule has 17 heavy (non-hydrogen) atoms. The molecule has 1 aromatic heterocycles. The number of halogens is 1. The Bertz CT molecular complexity index is 387. The molecule has 1 N–H and O–H groups in total. The van der Waals surface area contributed by atoms with Gasteiger partial charge in [0.25, 0.3) is 0 Å². The summed E-state index contributed by atoms with van der Waals surface area (Å²) in [5.41, 5.74) is 1.43. The zero-order valence-electron chi connectivity index (χ0n) is 9.88. The summed E-state index contributed by atoms with van der Waals surface area (Å²) >= 11 is 7.86. The minimum Gasteiger partial charge on any atom is -0.377 e. The van der Waals surface area contributed by atoms with Crippen LogP contribution in [0.15, 0.2) is 6.07 Å². The Morgan fingerprint density at radius 1 is 1.41 bits per heavy atom. The van der Waals surface area contributed by atoms with Gasteiger partial charge < -0.3 is 10.1 Å². The van der Waals surface area contributed by atoms with Crippen LogP contribution in [-0.4, -0.2) is 19.3 Å². The molecular formula is C13H18ClNOS. The molecule has 1 aliphatic carbocycles. The molecule has 3 rings (SSSR count). The van der Waals surface area contributed by atoms with Crippen LogP contribution in [0.25, 0.3) is 0 Å². The Morgan fingerprint density at radius 3 is 3.18 bits per heavy atom. The van der Waals surface area contributed by atoms with Gasteiger partial charge in [-0.1, -0.05) is 11.6 Å². The lowest BCUT2D eigenvalue weighted by atomic mass is 9.94. The number of nitrogens with one attached hydrogen (secondary N) is 1. The van der Waals surface area contributed by atoms with Crippen molar-refractivity contribution in [2.45, 2.75) is 44.2 Å². The Morgan fingerprint density at radius 2 is 2.35 bits per heavy atom. The van der Waals surface area contributed by atoms with Crippen LogP contribution in [0.1, 0.15) is 42.2 Å². The number of hydrogen-bond donors (Lipinski definition) is 1. The molecule has 2 aliphatic rings. The monoisotopic (exact) mass is 271 g/mol. The van der Waals surface area contributed by atoms with Gasteiger partial charge in [0, 0.05) is 24.1 Å². The summed E-state index contributed by atoms with van der Waals surface area (Å²) in [6, 6.07) is 2.64. The maximum atomic E-state index is 6.11. The van der Waals surface area contributed by atoms with Crippen LogP contribution < -0.4 is 5.32 Å². The molecule has 0 bridgehead atoms. The zero-order chi connectivity index (χ0) is 11.7. The van der Waals surface area contributed by atoms with Crippen LogP contribution >= 0.6 is 22.9 Å². The first-order chi connectivity index (χ1) is 8.33. The van der Waals surface area contributed by atoms with Crippen molar-refractivity contribution in [3.05, 3.63) is 20.8 Å². The van der Waals surface area contributed by atoms with Gasteiger partial charge >= 0.3 is 0 Å². The van der Waals surface area contributed by atoms with Gasteiger partial charge in [-0.2, -0.15) is 0 Å². The molecule has 1 aliphatic heterocycles. The van der Waals surface area contributed by atoms with E-state index in [-0.39, 0.29) is 0 Å². The Labute approximate surface area is 111 Å². The van der Waals surface area contributed by atoms with Crippen LogP contribution in [-0.2, 0) is 11.2 Å². The van der Waals surface area contributed by atoms with Crippen molar-refractivity contribution in [3.8, 4) is 0 Å². The SMILES string of the molecule is Clc1cc2c(s1)CCCC2NCC1CCCO1. The Kier molecular flexibility index (Phi) is 3.71. The summed E-state index contributed by atoms with van der Waals surface area (Å²) in [6.07, 6.45) is 6.54. The van der Waals surface area contributed by atoms with Crippen molar-refractivity contribution < 1.29 is 4.74 Å². The fourth-order valence-electron chi connectivity index (χ4n) is 2.81. The second-order valence-electron chi connectivity index (χ2n) is 4.92. The molecule has 0 saturated carbocycles. The summed E-state index contributed by atoms with van der Waals surface area (Å²) in [5.74, 6) is 0. The highest BCUT2D eigenvalue weighted by Crippen LogP contribution is 2.37. The topological polar surface area (TPSA) is 21.3 Å². The molecule has 2 nitrogen and oxygen atoms in total. The van der Waals surface area contributed by atoms with Crippen molar-refractivity contribution in [1.82, 2.24) is 5.32 Å². The second-order valence-corrected chi connectivity index (χ2v) is 6.69. The highest BCUT2D eigenvalue weighted by molar-refractivity contribution is 7.16. The number of aryl methyl sites for hydroxylation is 1. The number of rotatable bonds is 3. The normalized spacial score (nSPS) is 28.3. The van der Waals surface area contributed by atoms with E-state index >= 15 is 0 Å². The van der Waals surface area contributed by atoms with E-state index < -0.39 is 0 Å². The summed E-state index contributed by atoms with van der Waals surface area (Å²) in [4.78, 5) is 1.48. The molecule has 2 heterocycles. The van der Waals surface area contributed by atoms with E-state index in [1.165, 1.54) is 42.5 Å². The number of hydrogen-bond acceptors (Lipinski definition) is 3. The first-order valence-electron chi connectivity index (χ1n) is 6.46. The third kappa shape index (κ3) is 2.68. The lowest BCUT2D eigenvalue weighted by Crippen LogP contribution is -2.31. The van der Waals surface area contributed by atoms with Crippen molar-refractivity contribution in [2.24, 2.45) is 0 Å². The average molecular weight is 272 g/mol. The maximum absolute atomic E-state index is 6.11. The largest absolute Gasteiger partial charge is 0.377 e. The van der Waals surface area contributed by atoms with Gasteiger partial charge in [0.05, 0.1) is 10.4 Å². The smallest absolute Gasteiger partial charge is 0.0934 e. The summed E-state index contributed by atoms with van der Waals surface area (Å²) in [7, 11) is 0. The summed E-state index contributed by atoms with van der Waals surface area (Å²) in [5, 5.41) is 3.66. The molecule has 0 aromatic carbocycles. The van der Waals surface area contributed by atoms with E-state index in [0.717, 1.165) is 17.5 Å². The molecule has 4 heteroatoms. The number of thiophene rings is 1. The molecule has 0 radical (unpaired) electrons. The van der Waals surface area contributed by atoms with E-state index in [9.17, 15) is 0 Å². The second kappa shape index (κ2) is 5.27. The summed E-state index contributed by atoms with van der Waals surface area (Å²) < 4.78 is 6.58. The quantitative estimate of drug-likeness (QED) is 0.908. The van der Waals surface area contributed by atoms with Crippen molar-refractivity contribution in [3.63, 3.8) is 0 Å². The minimum atomic E-state index is 0.425. The standard InChI is InChI=1S/C13H18ClNOS/c14-13-7-10-11(4-1-5-12(10)17-13)15-8-9-3-2-6-16-9/h7,9,11,15H,1-6,8H2. The van der Waals surface area contributed by atoms with Crippen LogP contribution in [0, 0.1) is 0 Å². The molecule has 1 saturated heterocycles. The third-order valence-electron chi connectivity index (χ3n) is 3.70. The molecule has 1 aromatic rings. The van der Waals surface area contributed by atoms with Gasteiger partial charge in [0.2, 0.25) is 0 Å². The zero-order valence-corrected chi connectivity index (χ0v) is 11.4. The van der Waals surface area contributed by atoms with Gasteiger partial charge in [-0.15, -0.1) is 11.3 Å². The number of fused-ring (bicyclic) bond motifs is 1. The van der Waals surface area contributed by atoms with Gasteiger partial charge in [0.15, 0.2) is 0 Å². The first-order valence-corrected chi connectivity index (χ1v) is 7.65. The highest BCUT2D eigenvalue weighted by Gasteiger charge is 2.24. The lowest BCUT2D eigenvalue weighted by Gasteiger charge is -2.25. The van der Waals surface area contributed by atoms with Gasteiger partial charge in [-0.3, -0.25) is 0 Å². The van der Waals surface area contributed by atoms with Crippen molar-refractivity contribution in [1.29, 1.82) is 0 Å². The lowest BCUT2D eigenvalue weighted by molar-refractivity contribution is 0.107. The highest BCUT2D eigenvalue weighted by atomic mass is 35.5. The van der Waals surface area contributed by atoms with Crippen LogP contribution in [0.4, 0.5) is 0 Å². The van der Waals surface area contributed by atoms with Gasteiger partial charge in [0.1, 0.15) is 0 Å². The maximum Gasteiger partial charge on any atom is 0.0934 e. The van der Waals surface area contributed by atoms with E-state index in [0.29, 0.717) is 12.1 Å². The van der Waals surface area contributed by atoms with E-state index in [1.54, 1.807) is 11.3 Å². The minimum absolute atomic E-state index is 0.425. The van der Waals surface area contributed by atoms with Crippen LogP contribution in [0.2, 0.25) is 4.34 Å². The third-order valence-corrected chi connectivity index (χ3v) is 5.04. The molecule has 94 valence electrons. The van der Waals surface area contributed by atoms with Gasteiger partial charge in [-0.25, -0.2) is 0 Å². The van der Waals surface area contributed by atoms with E-state index in [1.807, 2.05) is 0 Å². The fraction of sp³-hybridized carbons (Fsp3) is 0.692. The van der Waals surface area contributed by atoms with Crippen molar-refractivity contribution in [2.75, 3.05) is 13.2 Å². The average Bonchev–Trinajstić information content (AvgIpc) is 2.93. The summed E-state index contributed by atoms with van der Waals surface area (Å²) in [6.45, 7) is 1.92. The molecule has 1 fully saturated rings. The van der Waals surface area contributed by atoms with E-state index in [2.05, 4.69) is 11.4 Å². The Hall–Kier alpha value is -0.0900. The van der Waals surface area contributed by atoms with Crippen molar-refractivity contribution >= 4 is 22.9 Å². The van der Waals surface area contributed by atoms with Crippen LogP contribution in [0.5, 0.6) is 0 Å². The predicted molar refractivity (Wildman–Crippen MR) is 72.0 cm³/mol. The molecule has 2 unspecified atom stereocenters. The molecule has 0 spiro atoms. The van der Waals surface area contributed by atoms with E-state index in [4.69, 9.17) is 16.3 Å². The molecular weight excluding hydrogens is 254 g/mol. The van der Waals surface area contributed by atoms with Crippen LogP contribution in [0.3, 0.4) is 0 Å². The predicted octanol–water partition coefficient (Wildman–Crippen LogP) is 3.55.